The van der Waals surface area contributed by atoms with Crippen LogP contribution in [-0.2, 0) is 11.3 Å². The fourth-order valence-corrected chi connectivity index (χ4v) is 1.74. The number of hydrogen-bond acceptors (Lipinski definition) is 5. The molecule has 0 saturated carbocycles. The predicted octanol–water partition coefficient (Wildman–Crippen LogP) is 1.61. The van der Waals surface area contributed by atoms with Crippen molar-refractivity contribution in [2.24, 2.45) is 0 Å². The molecule has 0 fully saturated rings. The number of amides is 1. The lowest BCUT2D eigenvalue weighted by Crippen LogP contribution is -2.29. The Morgan fingerprint density at radius 3 is 2.81 bits per heavy atom. The molecule has 21 heavy (non-hydrogen) atoms. The summed E-state index contributed by atoms with van der Waals surface area (Å²) in [6, 6.07) is 4.69. The number of nitro benzene ring substituents is 1. The van der Waals surface area contributed by atoms with Crippen molar-refractivity contribution in [2.45, 2.75) is 26.3 Å². The van der Waals surface area contributed by atoms with E-state index in [2.05, 4.69) is 10.6 Å². The van der Waals surface area contributed by atoms with Gasteiger partial charge >= 0.3 is 5.69 Å². The average Bonchev–Trinajstić information content (AvgIpc) is 2.46. The van der Waals surface area contributed by atoms with Crippen molar-refractivity contribution in [1.82, 2.24) is 10.6 Å². The van der Waals surface area contributed by atoms with Crippen LogP contribution in [0.15, 0.2) is 18.2 Å². The lowest BCUT2D eigenvalue weighted by molar-refractivity contribution is -0.385. The minimum atomic E-state index is -0.510. The van der Waals surface area contributed by atoms with Crippen LogP contribution in [0, 0.1) is 10.1 Å². The number of rotatable bonds is 9. The summed E-state index contributed by atoms with van der Waals surface area (Å²) in [7, 11) is 1.76. The van der Waals surface area contributed by atoms with Gasteiger partial charge in [0, 0.05) is 19.2 Å². The van der Waals surface area contributed by atoms with Crippen LogP contribution in [0.4, 0.5) is 5.69 Å². The van der Waals surface area contributed by atoms with Crippen LogP contribution >= 0.6 is 0 Å². The Hall–Kier alpha value is -2.15. The molecule has 1 aromatic carbocycles. The van der Waals surface area contributed by atoms with Gasteiger partial charge in [0.1, 0.15) is 0 Å². The highest BCUT2D eigenvalue weighted by Crippen LogP contribution is 2.27. The van der Waals surface area contributed by atoms with Crippen molar-refractivity contribution >= 4 is 11.6 Å². The first-order valence-electron chi connectivity index (χ1n) is 6.90. The molecular formula is C14H21N3O4. The summed E-state index contributed by atoms with van der Waals surface area (Å²) in [5.74, 6) is -0.178. The Morgan fingerprint density at radius 2 is 2.19 bits per heavy atom. The van der Waals surface area contributed by atoms with Crippen LogP contribution in [0.2, 0.25) is 0 Å². The lowest BCUT2D eigenvalue weighted by atomic mass is 10.2. The van der Waals surface area contributed by atoms with Crippen molar-refractivity contribution in [3.63, 3.8) is 0 Å². The standard InChI is InChI=1S/C14H21N3O4/c1-3-4-7-16-14(18)10-21-13-6-5-11(9-15-2)8-12(13)17(19)20/h5-6,8,15H,3-4,7,9-10H2,1-2H3,(H,16,18). The van der Waals surface area contributed by atoms with Gasteiger partial charge in [0.2, 0.25) is 0 Å². The quantitative estimate of drug-likeness (QED) is 0.410. The molecule has 0 heterocycles. The summed E-state index contributed by atoms with van der Waals surface area (Å²) < 4.78 is 5.25. The number of hydrogen-bond donors (Lipinski definition) is 2. The molecule has 0 saturated heterocycles. The zero-order chi connectivity index (χ0) is 15.7. The molecule has 0 aromatic heterocycles. The van der Waals surface area contributed by atoms with Crippen LogP contribution in [0.5, 0.6) is 5.75 Å². The van der Waals surface area contributed by atoms with Crippen molar-refractivity contribution < 1.29 is 14.5 Å². The third kappa shape index (κ3) is 5.78. The van der Waals surface area contributed by atoms with Gasteiger partial charge in [-0.05, 0) is 25.1 Å². The SMILES string of the molecule is CCCCNC(=O)COc1ccc(CNC)cc1[N+](=O)[O-]. The highest BCUT2D eigenvalue weighted by molar-refractivity contribution is 5.77. The van der Waals surface area contributed by atoms with Crippen LogP contribution < -0.4 is 15.4 Å². The number of nitrogens with one attached hydrogen (secondary N) is 2. The second-order valence-electron chi connectivity index (χ2n) is 4.58. The first-order valence-corrected chi connectivity index (χ1v) is 6.90. The van der Waals surface area contributed by atoms with E-state index < -0.39 is 4.92 Å². The van der Waals surface area contributed by atoms with Crippen LogP contribution in [-0.4, -0.2) is 31.0 Å². The Bertz CT molecular complexity index is 491. The lowest BCUT2D eigenvalue weighted by Gasteiger charge is -2.08. The number of nitro groups is 1. The second-order valence-corrected chi connectivity index (χ2v) is 4.58. The molecule has 2 N–H and O–H groups in total. The van der Waals surface area contributed by atoms with E-state index in [1.165, 1.54) is 12.1 Å². The minimum absolute atomic E-state index is 0.102. The summed E-state index contributed by atoms with van der Waals surface area (Å²) in [4.78, 5) is 22.1. The predicted molar refractivity (Wildman–Crippen MR) is 79.3 cm³/mol. The number of ether oxygens (including phenoxy) is 1. The van der Waals surface area contributed by atoms with Gasteiger partial charge in [-0.15, -0.1) is 0 Å². The molecule has 0 bridgehead atoms. The topological polar surface area (TPSA) is 93.5 Å². The van der Waals surface area contributed by atoms with Gasteiger partial charge in [0.25, 0.3) is 5.91 Å². The van der Waals surface area contributed by atoms with E-state index in [9.17, 15) is 14.9 Å². The molecule has 0 atom stereocenters. The van der Waals surface area contributed by atoms with Crippen LogP contribution in [0.1, 0.15) is 25.3 Å². The fourth-order valence-electron chi connectivity index (χ4n) is 1.74. The van der Waals surface area contributed by atoms with Gasteiger partial charge in [0.15, 0.2) is 12.4 Å². The van der Waals surface area contributed by atoms with E-state index in [1.807, 2.05) is 6.92 Å². The largest absolute Gasteiger partial charge is 0.477 e. The van der Waals surface area contributed by atoms with E-state index in [0.29, 0.717) is 13.1 Å². The third-order valence-corrected chi connectivity index (χ3v) is 2.81. The Balaban J connectivity index is 2.65. The Labute approximate surface area is 123 Å². The Kier molecular flexibility index (Phi) is 7.17. The average molecular weight is 295 g/mol. The van der Waals surface area contributed by atoms with Gasteiger partial charge in [-0.2, -0.15) is 0 Å². The summed E-state index contributed by atoms with van der Waals surface area (Å²) in [6.07, 6.45) is 1.88. The van der Waals surface area contributed by atoms with Crippen LogP contribution in [0.3, 0.4) is 0 Å². The summed E-state index contributed by atoms with van der Waals surface area (Å²) in [5, 5.41) is 16.6. The molecular weight excluding hydrogens is 274 g/mol. The molecule has 7 nitrogen and oxygen atoms in total. The van der Waals surface area contributed by atoms with Gasteiger partial charge in [-0.1, -0.05) is 19.4 Å². The number of nitrogens with zero attached hydrogens (tertiary/aromatic N) is 1. The molecule has 1 amide bonds. The zero-order valence-electron chi connectivity index (χ0n) is 12.3. The number of benzene rings is 1. The van der Waals surface area contributed by atoms with E-state index in [-0.39, 0.29) is 24.0 Å². The maximum atomic E-state index is 11.5. The molecule has 7 heteroatoms. The maximum Gasteiger partial charge on any atom is 0.311 e. The third-order valence-electron chi connectivity index (χ3n) is 2.81. The highest BCUT2D eigenvalue weighted by Gasteiger charge is 2.16. The maximum absolute atomic E-state index is 11.5. The number of carbonyl (C=O) groups is 1. The van der Waals surface area contributed by atoms with E-state index in [1.54, 1.807) is 13.1 Å². The first-order chi connectivity index (χ1) is 10.1. The van der Waals surface area contributed by atoms with Crippen molar-refractivity contribution in [3.8, 4) is 5.75 Å². The molecule has 0 radical (unpaired) electrons. The normalized spacial score (nSPS) is 10.2. The second kappa shape index (κ2) is 8.91. The highest BCUT2D eigenvalue weighted by atomic mass is 16.6. The van der Waals surface area contributed by atoms with Crippen LogP contribution in [0.25, 0.3) is 0 Å². The van der Waals surface area contributed by atoms with Crippen molar-refractivity contribution in [2.75, 3.05) is 20.2 Å². The van der Waals surface area contributed by atoms with Crippen molar-refractivity contribution in [3.05, 3.63) is 33.9 Å². The van der Waals surface area contributed by atoms with Crippen molar-refractivity contribution in [1.29, 1.82) is 0 Å². The molecule has 0 aliphatic carbocycles. The monoisotopic (exact) mass is 295 g/mol. The first kappa shape index (κ1) is 16.9. The zero-order valence-corrected chi connectivity index (χ0v) is 12.3. The number of carbonyl (C=O) groups excluding carboxylic acids is 1. The van der Waals surface area contributed by atoms with E-state index >= 15 is 0 Å². The summed E-state index contributed by atoms with van der Waals surface area (Å²) >= 11 is 0. The van der Waals surface area contributed by atoms with Gasteiger partial charge in [-0.25, -0.2) is 0 Å². The fraction of sp³-hybridized carbons (Fsp3) is 0.500. The molecule has 1 rings (SSSR count). The molecule has 0 unspecified atom stereocenters. The molecule has 0 aliphatic heterocycles. The van der Waals surface area contributed by atoms with E-state index in [4.69, 9.17) is 4.74 Å². The molecule has 0 spiro atoms. The molecule has 0 aliphatic rings. The minimum Gasteiger partial charge on any atom is -0.477 e. The van der Waals surface area contributed by atoms with Gasteiger partial charge in [-0.3, -0.25) is 14.9 Å². The van der Waals surface area contributed by atoms with Gasteiger partial charge < -0.3 is 15.4 Å². The summed E-state index contributed by atoms with van der Waals surface area (Å²) in [5.41, 5.74) is 0.646. The van der Waals surface area contributed by atoms with E-state index in [0.717, 1.165) is 18.4 Å². The molecule has 1 aromatic rings. The smallest absolute Gasteiger partial charge is 0.311 e. The Morgan fingerprint density at radius 1 is 1.43 bits per heavy atom. The van der Waals surface area contributed by atoms with Gasteiger partial charge in [0.05, 0.1) is 4.92 Å². The number of unbranched alkanes of at least 4 members (excludes halogenated alkanes) is 1. The molecule has 116 valence electrons. The summed E-state index contributed by atoms with van der Waals surface area (Å²) in [6.45, 7) is 2.91.